The third-order valence-electron chi connectivity index (χ3n) is 3.32. The van der Waals surface area contributed by atoms with E-state index in [0.717, 1.165) is 0 Å². The molecule has 1 saturated heterocycles. The number of β-amino-alcohol motifs (C(OH)–C–C–N with tert-alkyl or cyclic N) is 1. The summed E-state index contributed by atoms with van der Waals surface area (Å²) in [4.78, 5) is 24.0. The van der Waals surface area contributed by atoms with Gasteiger partial charge < -0.3 is 15.3 Å². The van der Waals surface area contributed by atoms with Crippen molar-refractivity contribution in [1.29, 1.82) is 0 Å². The molecule has 0 saturated carbocycles. The Kier molecular flexibility index (Phi) is 5.84. The molecular weight excluding hydrogens is 289 g/mol. The van der Waals surface area contributed by atoms with Crippen molar-refractivity contribution in [3.63, 3.8) is 0 Å². The number of hydrogen-bond acceptors (Lipinski definition) is 3. The summed E-state index contributed by atoms with van der Waals surface area (Å²) in [7, 11) is 0. The van der Waals surface area contributed by atoms with E-state index in [1.807, 2.05) is 0 Å². The SMILES string of the molecule is [2H]C[C@@H]1C[C@@H](O)CN1C(=O)CCCCCNC(=O)C(F)(F)F. The second-order valence-electron chi connectivity index (χ2n) is 5.15. The number of nitrogens with zero attached hydrogens (tertiary/aromatic N) is 1. The van der Waals surface area contributed by atoms with Crippen molar-refractivity contribution < 1.29 is 29.2 Å². The van der Waals surface area contributed by atoms with Crippen LogP contribution in [0.4, 0.5) is 13.2 Å². The molecule has 2 N–H and O–H groups in total. The van der Waals surface area contributed by atoms with Crippen LogP contribution < -0.4 is 5.32 Å². The van der Waals surface area contributed by atoms with Crippen molar-refractivity contribution in [2.24, 2.45) is 0 Å². The molecule has 0 spiro atoms. The maximum absolute atomic E-state index is 11.9. The Balaban J connectivity index is 2.14. The summed E-state index contributed by atoms with van der Waals surface area (Å²) in [5.41, 5.74) is 0. The van der Waals surface area contributed by atoms with Gasteiger partial charge in [0.1, 0.15) is 0 Å². The number of carbonyl (C=O) groups excluding carboxylic acids is 2. The van der Waals surface area contributed by atoms with Gasteiger partial charge in [0, 0.05) is 26.9 Å². The number of aliphatic hydroxyl groups is 1. The Hall–Kier alpha value is -1.31. The quantitative estimate of drug-likeness (QED) is 0.724. The average molecular weight is 311 g/mol. The lowest BCUT2D eigenvalue weighted by molar-refractivity contribution is -0.173. The van der Waals surface area contributed by atoms with E-state index in [1.165, 1.54) is 4.90 Å². The van der Waals surface area contributed by atoms with Crippen molar-refractivity contribution in [2.75, 3.05) is 13.1 Å². The predicted octanol–water partition coefficient (Wildman–Crippen LogP) is 1.21. The van der Waals surface area contributed by atoms with Crippen LogP contribution in [0.25, 0.3) is 0 Å². The van der Waals surface area contributed by atoms with Crippen LogP contribution in [0.3, 0.4) is 0 Å². The first-order chi connectivity index (χ1) is 10.3. The topological polar surface area (TPSA) is 69.6 Å². The van der Waals surface area contributed by atoms with Gasteiger partial charge in [0.05, 0.1) is 6.10 Å². The van der Waals surface area contributed by atoms with Crippen molar-refractivity contribution in [1.82, 2.24) is 10.2 Å². The molecule has 0 unspecified atom stereocenters. The molecule has 21 heavy (non-hydrogen) atoms. The molecule has 122 valence electrons. The van der Waals surface area contributed by atoms with Crippen molar-refractivity contribution in [2.45, 2.75) is 57.3 Å². The summed E-state index contributed by atoms with van der Waals surface area (Å²) in [5, 5.41) is 11.3. The molecule has 1 fully saturated rings. The zero-order chi connectivity index (χ0) is 16.8. The molecule has 0 aromatic heterocycles. The first kappa shape index (κ1) is 16.1. The molecule has 1 rings (SSSR count). The number of amides is 2. The van der Waals surface area contributed by atoms with Crippen LogP contribution >= 0.6 is 0 Å². The molecule has 0 aromatic carbocycles. The fraction of sp³-hybridized carbons (Fsp3) is 0.846. The number of alkyl halides is 3. The first-order valence-corrected chi connectivity index (χ1v) is 6.87. The van der Waals surface area contributed by atoms with Gasteiger partial charge in [-0.05, 0) is 26.2 Å². The van der Waals surface area contributed by atoms with Gasteiger partial charge in [-0.15, -0.1) is 0 Å². The Morgan fingerprint density at radius 1 is 1.38 bits per heavy atom. The third-order valence-corrected chi connectivity index (χ3v) is 3.32. The van der Waals surface area contributed by atoms with E-state index in [9.17, 15) is 27.9 Å². The first-order valence-electron chi connectivity index (χ1n) is 7.58. The minimum atomic E-state index is -4.86. The second-order valence-corrected chi connectivity index (χ2v) is 5.15. The number of likely N-dealkylation sites (tertiary alicyclic amines) is 1. The van der Waals surface area contributed by atoms with Crippen LogP contribution in [0.2, 0.25) is 0 Å². The Labute approximate surface area is 122 Å². The Morgan fingerprint density at radius 3 is 2.71 bits per heavy atom. The Morgan fingerprint density at radius 2 is 2.10 bits per heavy atom. The summed E-state index contributed by atoms with van der Waals surface area (Å²) in [5.74, 6) is -2.10. The molecule has 0 radical (unpaired) electrons. The highest BCUT2D eigenvalue weighted by atomic mass is 19.4. The minimum Gasteiger partial charge on any atom is -0.391 e. The number of rotatable bonds is 6. The molecule has 1 aliphatic heterocycles. The van der Waals surface area contributed by atoms with Gasteiger partial charge in [-0.2, -0.15) is 13.2 Å². The molecule has 0 bridgehead atoms. The molecule has 5 nitrogen and oxygen atoms in total. The molecule has 1 heterocycles. The highest BCUT2D eigenvalue weighted by Crippen LogP contribution is 2.19. The van der Waals surface area contributed by atoms with E-state index in [4.69, 9.17) is 1.37 Å². The molecule has 0 aromatic rings. The number of nitrogens with one attached hydrogen (secondary N) is 1. The van der Waals surface area contributed by atoms with Gasteiger partial charge in [-0.1, -0.05) is 6.42 Å². The summed E-state index contributed by atoms with van der Waals surface area (Å²) < 4.78 is 43.1. The lowest BCUT2D eigenvalue weighted by Gasteiger charge is -2.21. The maximum atomic E-state index is 11.9. The molecule has 8 heteroatoms. The maximum Gasteiger partial charge on any atom is 0.471 e. The monoisotopic (exact) mass is 311 g/mol. The molecule has 0 aliphatic carbocycles. The van der Waals surface area contributed by atoms with Gasteiger partial charge in [-0.25, -0.2) is 0 Å². The molecule has 1 aliphatic rings. The van der Waals surface area contributed by atoms with Gasteiger partial charge in [0.15, 0.2) is 0 Å². The second kappa shape index (κ2) is 7.63. The summed E-state index contributed by atoms with van der Waals surface area (Å²) in [6.07, 6.45) is -3.42. The van der Waals surface area contributed by atoms with Crippen molar-refractivity contribution >= 4 is 11.8 Å². The van der Waals surface area contributed by atoms with E-state index < -0.39 is 18.2 Å². The molecule has 2 amide bonds. The van der Waals surface area contributed by atoms with Crippen LogP contribution in [-0.2, 0) is 9.59 Å². The van der Waals surface area contributed by atoms with Crippen LogP contribution in [-0.4, -0.2) is 53.2 Å². The van der Waals surface area contributed by atoms with Crippen molar-refractivity contribution in [3.8, 4) is 0 Å². The Bertz CT molecular complexity index is 393. The minimum absolute atomic E-state index is 0.0479. The van der Waals surface area contributed by atoms with E-state index in [1.54, 1.807) is 5.32 Å². The van der Waals surface area contributed by atoms with Crippen LogP contribution in [0.1, 0.15) is 40.4 Å². The third kappa shape index (κ3) is 5.91. The van der Waals surface area contributed by atoms with Crippen molar-refractivity contribution in [3.05, 3.63) is 0 Å². The zero-order valence-corrected chi connectivity index (χ0v) is 11.7. The fourth-order valence-corrected chi connectivity index (χ4v) is 2.22. The van der Waals surface area contributed by atoms with Gasteiger partial charge >= 0.3 is 12.1 Å². The standard InChI is InChI=1S/C13H21F3N2O3/c1-9-7-10(19)8-18(9)11(20)5-3-2-4-6-17-12(21)13(14,15)16/h9-10,19H,2-8H2,1H3,(H,17,21)/t9-,10-/m1/s1/i1D. The van der Waals surface area contributed by atoms with E-state index in [0.29, 0.717) is 25.7 Å². The number of hydrogen-bond donors (Lipinski definition) is 2. The van der Waals surface area contributed by atoms with Crippen LogP contribution in [0.15, 0.2) is 0 Å². The summed E-state index contributed by atoms with van der Waals surface area (Å²) in [6, 6.07) is -0.256. The van der Waals surface area contributed by atoms with Gasteiger partial charge in [0.25, 0.3) is 0 Å². The number of halogens is 3. The molecule has 2 atom stereocenters. The normalized spacial score (nSPS) is 23.0. The lowest BCUT2D eigenvalue weighted by atomic mass is 10.1. The van der Waals surface area contributed by atoms with Gasteiger partial charge in [-0.3, -0.25) is 9.59 Å². The van der Waals surface area contributed by atoms with Gasteiger partial charge in [0.2, 0.25) is 5.91 Å². The average Bonchev–Trinajstić information content (AvgIpc) is 2.82. The number of unbranched alkanes of at least 4 members (excludes halogenated alkanes) is 2. The van der Waals surface area contributed by atoms with Crippen LogP contribution in [0.5, 0.6) is 0 Å². The number of aliphatic hydroxyl groups excluding tert-OH is 1. The van der Waals surface area contributed by atoms with Crippen LogP contribution in [0, 0.1) is 0 Å². The van der Waals surface area contributed by atoms with E-state index in [-0.39, 0.29) is 38.4 Å². The highest BCUT2D eigenvalue weighted by Gasteiger charge is 2.38. The van der Waals surface area contributed by atoms with E-state index >= 15 is 0 Å². The zero-order valence-electron chi connectivity index (χ0n) is 12.7. The largest absolute Gasteiger partial charge is 0.471 e. The summed E-state index contributed by atoms with van der Waals surface area (Å²) >= 11 is 0. The fourth-order valence-electron chi connectivity index (χ4n) is 2.22. The lowest BCUT2D eigenvalue weighted by Crippen LogP contribution is -2.37. The highest BCUT2D eigenvalue weighted by molar-refractivity contribution is 5.81. The smallest absolute Gasteiger partial charge is 0.391 e. The van der Waals surface area contributed by atoms with E-state index in [2.05, 4.69) is 0 Å². The summed E-state index contributed by atoms with van der Waals surface area (Å²) in [6.45, 7) is 0.209. The number of carbonyl (C=O) groups is 2. The molecular formula is C13H21F3N2O3. The predicted molar refractivity (Wildman–Crippen MR) is 69.3 cm³/mol.